The Balaban J connectivity index is 1.61. The highest BCUT2D eigenvalue weighted by atomic mass is 16.1. The Labute approximate surface area is 157 Å². The molecule has 4 rings (SSSR count). The molecule has 0 aliphatic carbocycles. The minimum atomic E-state index is -0.422. The third-order valence-electron chi connectivity index (χ3n) is 4.94. The summed E-state index contributed by atoms with van der Waals surface area (Å²) in [5.74, 6) is -0.422. The standard InChI is InChI=1S/C21H19N5O/c22-11-14-12-24-18-7-3-1-5-16(18)20(14)25-15-9-10-26(13-15)19-8-4-2-6-17(19)21(23)27/h1-8,12,15H,9-10,13H2,(H2,23,27)(H,24,25). The van der Waals surface area contributed by atoms with Gasteiger partial charge in [0.2, 0.25) is 0 Å². The minimum absolute atomic E-state index is 0.156. The lowest BCUT2D eigenvalue weighted by atomic mass is 10.1. The van der Waals surface area contributed by atoms with E-state index in [1.54, 1.807) is 12.3 Å². The van der Waals surface area contributed by atoms with Gasteiger partial charge >= 0.3 is 0 Å². The second-order valence-electron chi connectivity index (χ2n) is 6.63. The van der Waals surface area contributed by atoms with Crippen LogP contribution in [0.15, 0.2) is 54.7 Å². The number of carbonyl (C=O) groups is 1. The third-order valence-corrected chi connectivity index (χ3v) is 4.94. The van der Waals surface area contributed by atoms with E-state index in [1.165, 1.54) is 0 Å². The van der Waals surface area contributed by atoms with Crippen LogP contribution >= 0.6 is 0 Å². The zero-order chi connectivity index (χ0) is 18.8. The Morgan fingerprint density at radius 3 is 2.81 bits per heavy atom. The fourth-order valence-corrected chi connectivity index (χ4v) is 3.64. The number of rotatable bonds is 4. The maximum Gasteiger partial charge on any atom is 0.250 e. The second kappa shape index (κ2) is 6.96. The number of nitrogens with zero attached hydrogens (tertiary/aromatic N) is 3. The van der Waals surface area contributed by atoms with Gasteiger partial charge in [-0.3, -0.25) is 9.78 Å². The van der Waals surface area contributed by atoms with E-state index in [9.17, 15) is 10.1 Å². The van der Waals surface area contributed by atoms with Crippen LogP contribution in [0.25, 0.3) is 10.9 Å². The van der Waals surface area contributed by atoms with Crippen molar-refractivity contribution in [1.29, 1.82) is 5.26 Å². The summed E-state index contributed by atoms with van der Waals surface area (Å²) in [5.41, 5.74) is 9.11. The largest absolute Gasteiger partial charge is 0.379 e. The van der Waals surface area contributed by atoms with Crippen molar-refractivity contribution < 1.29 is 4.79 Å². The predicted octanol–water partition coefficient (Wildman–Crippen LogP) is 2.90. The summed E-state index contributed by atoms with van der Waals surface area (Å²) in [4.78, 5) is 18.2. The van der Waals surface area contributed by atoms with Crippen molar-refractivity contribution in [3.63, 3.8) is 0 Å². The number of anilines is 2. The molecule has 1 amide bonds. The van der Waals surface area contributed by atoms with Gasteiger partial charge in [0.1, 0.15) is 6.07 Å². The molecule has 2 aromatic carbocycles. The van der Waals surface area contributed by atoms with Gasteiger partial charge in [0.05, 0.1) is 22.3 Å². The number of nitriles is 1. The van der Waals surface area contributed by atoms with E-state index in [0.717, 1.165) is 41.8 Å². The SMILES string of the molecule is N#Cc1cnc2ccccc2c1NC1CCN(c2ccccc2C(N)=O)C1. The van der Waals surface area contributed by atoms with E-state index >= 15 is 0 Å². The van der Waals surface area contributed by atoms with Crippen molar-refractivity contribution in [2.24, 2.45) is 5.73 Å². The van der Waals surface area contributed by atoms with Crippen LogP contribution in [0.1, 0.15) is 22.3 Å². The maximum atomic E-state index is 11.7. The van der Waals surface area contributed by atoms with Crippen LogP contribution in [0.5, 0.6) is 0 Å². The molecule has 1 aromatic heterocycles. The number of nitrogens with two attached hydrogens (primary N) is 1. The summed E-state index contributed by atoms with van der Waals surface area (Å²) >= 11 is 0. The van der Waals surface area contributed by atoms with Crippen molar-refractivity contribution >= 4 is 28.2 Å². The lowest BCUT2D eigenvalue weighted by Gasteiger charge is -2.22. The van der Waals surface area contributed by atoms with Crippen LogP contribution in [0, 0.1) is 11.3 Å². The fraction of sp³-hybridized carbons (Fsp3) is 0.190. The molecule has 0 radical (unpaired) electrons. The first-order valence-corrected chi connectivity index (χ1v) is 8.85. The molecule has 1 fully saturated rings. The number of carbonyl (C=O) groups excluding carboxylic acids is 1. The average Bonchev–Trinajstić information content (AvgIpc) is 3.16. The van der Waals surface area contributed by atoms with E-state index in [1.807, 2.05) is 42.5 Å². The van der Waals surface area contributed by atoms with Gasteiger partial charge in [-0.25, -0.2) is 0 Å². The first-order chi connectivity index (χ1) is 13.2. The molecule has 3 N–H and O–H groups in total. The summed E-state index contributed by atoms with van der Waals surface area (Å²) in [5, 5.41) is 14.0. The van der Waals surface area contributed by atoms with Gasteiger partial charge in [-0.05, 0) is 24.6 Å². The van der Waals surface area contributed by atoms with Gasteiger partial charge in [0, 0.05) is 36.4 Å². The van der Waals surface area contributed by atoms with Crippen LogP contribution < -0.4 is 16.0 Å². The summed E-state index contributed by atoms with van der Waals surface area (Å²) in [7, 11) is 0. The van der Waals surface area contributed by atoms with Crippen LogP contribution in [0.3, 0.4) is 0 Å². The molecule has 6 heteroatoms. The molecule has 1 aliphatic rings. The molecule has 0 bridgehead atoms. The highest BCUT2D eigenvalue weighted by molar-refractivity contribution is 5.98. The number of primary amides is 1. The summed E-state index contributed by atoms with van der Waals surface area (Å²) in [6.07, 6.45) is 2.51. The number of hydrogen-bond donors (Lipinski definition) is 2. The minimum Gasteiger partial charge on any atom is -0.379 e. The van der Waals surface area contributed by atoms with Crippen LogP contribution in [0.4, 0.5) is 11.4 Å². The normalized spacial score (nSPS) is 16.3. The first-order valence-electron chi connectivity index (χ1n) is 8.85. The van der Waals surface area contributed by atoms with E-state index in [4.69, 9.17) is 5.73 Å². The van der Waals surface area contributed by atoms with Crippen molar-refractivity contribution in [2.75, 3.05) is 23.3 Å². The summed E-state index contributed by atoms with van der Waals surface area (Å²) < 4.78 is 0. The van der Waals surface area contributed by atoms with Crippen LogP contribution in [-0.2, 0) is 0 Å². The van der Waals surface area contributed by atoms with Gasteiger partial charge in [0.15, 0.2) is 0 Å². The van der Waals surface area contributed by atoms with Gasteiger partial charge in [-0.2, -0.15) is 5.26 Å². The molecule has 6 nitrogen and oxygen atoms in total. The number of para-hydroxylation sites is 2. The Kier molecular flexibility index (Phi) is 4.35. The molecule has 0 spiro atoms. The van der Waals surface area contributed by atoms with Crippen molar-refractivity contribution in [3.05, 3.63) is 65.9 Å². The highest BCUT2D eigenvalue weighted by Gasteiger charge is 2.26. The molecule has 1 aliphatic heterocycles. The van der Waals surface area contributed by atoms with E-state index < -0.39 is 5.91 Å². The quantitative estimate of drug-likeness (QED) is 0.749. The topological polar surface area (TPSA) is 95.0 Å². The fourth-order valence-electron chi connectivity index (χ4n) is 3.64. The van der Waals surface area contributed by atoms with Gasteiger partial charge in [-0.15, -0.1) is 0 Å². The molecule has 134 valence electrons. The Morgan fingerprint density at radius 1 is 1.22 bits per heavy atom. The lowest BCUT2D eigenvalue weighted by molar-refractivity contribution is 0.100. The van der Waals surface area contributed by atoms with E-state index in [-0.39, 0.29) is 6.04 Å². The highest BCUT2D eigenvalue weighted by Crippen LogP contribution is 2.30. The third kappa shape index (κ3) is 3.15. The average molecular weight is 357 g/mol. The van der Waals surface area contributed by atoms with E-state index in [0.29, 0.717) is 11.1 Å². The maximum absolute atomic E-state index is 11.7. The number of benzene rings is 2. The van der Waals surface area contributed by atoms with Crippen molar-refractivity contribution in [1.82, 2.24) is 4.98 Å². The molecule has 1 unspecified atom stereocenters. The van der Waals surface area contributed by atoms with E-state index in [2.05, 4.69) is 21.3 Å². The van der Waals surface area contributed by atoms with Crippen molar-refractivity contribution in [2.45, 2.75) is 12.5 Å². The number of amides is 1. The number of fused-ring (bicyclic) bond motifs is 1. The van der Waals surface area contributed by atoms with Crippen molar-refractivity contribution in [3.8, 4) is 6.07 Å². The molecule has 27 heavy (non-hydrogen) atoms. The number of hydrogen-bond acceptors (Lipinski definition) is 5. The summed E-state index contributed by atoms with van der Waals surface area (Å²) in [6, 6.07) is 17.6. The Morgan fingerprint density at radius 2 is 2.00 bits per heavy atom. The summed E-state index contributed by atoms with van der Waals surface area (Å²) in [6.45, 7) is 1.54. The molecular weight excluding hydrogens is 338 g/mol. The Hall–Kier alpha value is -3.59. The monoisotopic (exact) mass is 357 g/mol. The van der Waals surface area contributed by atoms with Gasteiger partial charge in [-0.1, -0.05) is 30.3 Å². The number of pyridine rings is 1. The molecule has 1 atom stereocenters. The number of aromatic nitrogens is 1. The lowest BCUT2D eigenvalue weighted by Crippen LogP contribution is -2.28. The first kappa shape index (κ1) is 16.9. The zero-order valence-electron chi connectivity index (χ0n) is 14.7. The second-order valence-corrected chi connectivity index (χ2v) is 6.63. The predicted molar refractivity (Wildman–Crippen MR) is 106 cm³/mol. The zero-order valence-corrected chi connectivity index (χ0v) is 14.7. The molecule has 1 saturated heterocycles. The molecular formula is C21H19N5O. The van der Waals surface area contributed by atoms with Crippen LogP contribution in [-0.4, -0.2) is 30.0 Å². The van der Waals surface area contributed by atoms with Crippen LogP contribution in [0.2, 0.25) is 0 Å². The molecule has 3 aromatic rings. The Bertz CT molecular complexity index is 1060. The van der Waals surface area contributed by atoms with Gasteiger partial charge < -0.3 is 16.0 Å². The molecule has 0 saturated carbocycles. The number of nitrogens with one attached hydrogen (secondary N) is 1. The smallest absolute Gasteiger partial charge is 0.250 e. The molecule has 2 heterocycles. The van der Waals surface area contributed by atoms with Gasteiger partial charge in [0.25, 0.3) is 5.91 Å².